The zero-order chi connectivity index (χ0) is 21.1. The van der Waals surface area contributed by atoms with E-state index in [1.165, 1.54) is 24.1 Å². The topological polar surface area (TPSA) is 54.8 Å². The Hall–Kier alpha value is -2.90. The lowest BCUT2D eigenvalue weighted by Gasteiger charge is -2.38. The molecule has 156 valence electrons. The Labute approximate surface area is 168 Å². The second-order valence-electron chi connectivity index (χ2n) is 7.53. The average molecular weight is 405 g/mol. The van der Waals surface area contributed by atoms with Gasteiger partial charge in [-0.2, -0.15) is 0 Å². The molecule has 1 aliphatic rings. The van der Waals surface area contributed by atoms with Crippen LogP contribution in [0, 0.1) is 17.6 Å². The van der Waals surface area contributed by atoms with E-state index in [0.717, 1.165) is 11.8 Å². The van der Waals surface area contributed by atoms with Crippen LogP contribution < -0.4 is 0 Å². The number of hydrogen-bond acceptors (Lipinski definition) is 3. The summed E-state index contributed by atoms with van der Waals surface area (Å²) < 4.78 is 34.8. The Morgan fingerprint density at radius 3 is 2.66 bits per heavy atom. The van der Waals surface area contributed by atoms with Crippen LogP contribution in [0.3, 0.4) is 0 Å². The van der Waals surface area contributed by atoms with Crippen LogP contribution in [0.2, 0.25) is 0 Å². The molecule has 1 aromatic carbocycles. The van der Waals surface area contributed by atoms with Gasteiger partial charge in [-0.1, -0.05) is 19.9 Å². The molecular weight excluding hydrogens is 380 g/mol. The number of hydrogen-bond donors (Lipinski definition) is 0. The molecule has 1 unspecified atom stereocenters. The quantitative estimate of drug-likeness (QED) is 0.766. The minimum Gasteiger partial charge on any atom is -0.453 e. The van der Waals surface area contributed by atoms with Crippen molar-refractivity contribution in [1.29, 1.82) is 0 Å². The molecule has 3 rings (SSSR count). The van der Waals surface area contributed by atoms with Gasteiger partial charge in [0.05, 0.1) is 7.11 Å². The summed E-state index contributed by atoms with van der Waals surface area (Å²) in [4.78, 5) is 28.2. The predicted molar refractivity (Wildman–Crippen MR) is 103 cm³/mol. The van der Waals surface area contributed by atoms with Gasteiger partial charge in [0.2, 0.25) is 5.91 Å². The predicted octanol–water partition coefficient (Wildman–Crippen LogP) is 3.42. The first kappa shape index (κ1) is 20.8. The molecule has 0 spiro atoms. The monoisotopic (exact) mass is 405 g/mol. The van der Waals surface area contributed by atoms with Gasteiger partial charge in [0.1, 0.15) is 24.2 Å². The van der Waals surface area contributed by atoms with Crippen LogP contribution >= 0.6 is 0 Å². The van der Waals surface area contributed by atoms with Gasteiger partial charge in [-0.3, -0.25) is 9.69 Å². The zero-order valence-corrected chi connectivity index (χ0v) is 16.8. The molecule has 29 heavy (non-hydrogen) atoms. The fraction of sp³-hybridized carbons (Fsp3) is 0.429. The van der Waals surface area contributed by atoms with Gasteiger partial charge in [-0.25, -0.2) is 13.6 Å². The third-order valence-corrected chi connectivity index (χ3v) is 4.96. The molecule has 1 aliphatic heterocycles. The lowest BCUT2D eigenvalue weighted by molar-refractivity contribution is -0.135. The average Bonchev–Trinajstić information content (AvgIpc) is 3.15. The summed E-state index contributed by atoms with van der Waals surface area (Å²) in [5, 5.41) is 0. The maximum atomic E-state index is 14.6. The van der Waals surface area contributed by atoms with Crippen molar-refractivity contribution in [2.45, 2.75) is 26.4 Å². The highest BCUT2D eigenvalue weighted by Gasteiger charge is 2.35. The minimum atomic E-state index is -0.713. The van der Waals surface area contributed by atoms with E-state index in [0.29, 0.717) is 19.6 Å². The molecule has 0 saturated heterocycles. The lowest BCUT2D eigenvalue weighted by atomic mass is 9.99. The summed E-state index contributed by atoms with van der Waals surface area (Å²) >= 11 is 0. The van der Waals surface area contributed by atoms with Crippen LogP contribution in [0.25, 0.3) is 0 Å². The number of carbonyl (C=O) groups is 2. The molecule has 2 heterocycles. The molecule has 0 saturated carbocycles. The van der Waals surface area contributed by atoms with Crippen LogP contribution in [0.1, 0.15) is 31.1 Å². The summed E-state index contributed by atoms with van der Waals surface area (Å²) in [5.41, 5.74) is 0.955. The molecule has 0 radical (unpaired) electrons. The zero-order valence-electron chi connectivity index (χ0n) is 16.8. The van der Waals surface area contributed by atoms with E-state index >= 15 is 0 Å². The standard InChI is InChI=1S/C21H25F2N3O3/c1-14(2)12-25(21(28)29-3)13-19(27)26-10-9-24-8-4-5-18(24)20(26)16-7-6-15(22)11-17(16)23/h4-8,11,14,20H,9-10,12-13H2,1-3H3. The molecule has 0 fully saturated rings. The van der Waals surface area contributed by atoms with E-state index < -0.39 is 23.8 Å². The number of amides is 2. The summed E-state index contributed by atoms with van der Waals surface area (Å²) in [5.74, 6) is -1.57. The number of aromatic nitrogens is 1. The van der Waals surface area contributed by atoms with Gasteiger partial charge >= 0.3 is 6.09 Å². The third kappa shape index (κ3) is 4.41. The second kappa shape index (κ2) is 8.63. The van der Waals surface area contributed by atoms with Crippen LogP contribution in [0.4, 0.5) is 13.6 Å². The van der Waals surface area contributed by atoms with Crippen LogP contribution in [0.15, 0.2) is 36.5 Å². The SMILES string of the molecule is COC(=O)N(CC(=O)N1CCn2cccc2C1c1ccc(F)cc1F)CC(C)C. The Kier molecular flexibility index (Phi) is 6.20. The second-order valence-corrected chi connectivity index (χ2v) is 7.53. The molecule has 0 bridgehead atoms. The summed E-state index contributed by atoms with van der Waals surface area (Å²) in [7, 11) is 1.27. The number of methoxy groups -OCH3 is 1. The van der Waals surface area contributed by atoms with E-state index in [-0.39, 0.29) is 23.9 Å². The summed E-state index contributed by atoms with van der Waals surface area (Å²) in [6, 6.07) is 6.31. The molecule has 1 aromatic heterocycles. The van der Waals surface area contributed by atoms with Crippen molar-refractivity contribution in [3.63, 3.8) is 0 Å². The molecule has 2 aromatic rings. The highest BCUT2D eigenvalue weighted by Crippen LogP contribution is 2.34. The normalized spacial score (nSPS) is 15.9. The van der Waals surface area contributed by atoms with Gasteiger partial charge in [-0.05, 0) is 24.1 Å². The molecule has 0 N–H and O–H groups in total. The van der Waals surface area contributed by atoms with E-state index in [1.54, 1.807) is 4.90 Å². The molecule has 0 aliphatic carbocycles. The third-order valence-electron chi connectivity index (χ3n) is 4.96. The Balaban J connectivity index is 1.93. The van der Waals surface area contributed by atoms with Gasteiger partial charge in [0.25, 0.3) is 0 Å². The molecule has 2 amide bonds. The first-order chi connectivity index (χ1) is 13.8. The summed E-state index contributed by atoms with van der Waals surface area (Å²) in [6.07, 6.45) is 1.28. The van der Waals surface area contributed by atoms with Crippen LogP contribution in [-0.4, -0.2) is 53.1 Å². The Morgan fingerprint density at radius 1 is 1.24 bits per heavy atom. The van der Waals surface area contributed by atoms with E-state index in [9.17, 15) is 18.4 Å². The molecular formula is C21H25F2N3O3. The van der Waals surface area contributed by atoms with E-state index in [1.807, 2.05) is 36.7 Å². The van der Waals surface area contributed by atoms with Gasteiger partial charge in [0, 0.05) is 43.2 Å². The van der Waals surface area contributed by atoms with Crippen molar-refractivity contribution in [1.82, 2.24) is 14.4 Å². The minimum absolute atomic E-state index is 0.144. The number of halogens is 2. The van der Waals surface area contributed by atoms with E-state index in [2.05, 4.69) is 0 Å². The number of benzene rings is 1. The van der Waals surface area contributed by atoms with Gasteiger partial charge < -0.3 is 14.2 Å². The van der Waals surface area contributed by atoms with E-state index in [4.69, 9.17) is 4.74 Å². The van der Waals surface area contributed by atoms with Crippen molar-refractivity contribution in [2.24, 2.45) is 5.92 Å². The van der Waals surface area contributed by atoms with Gasteiger partial charge in [-0.15, -0.1) is 0 Å². The maximum absolute atomic E-state index is 14.6. The smallest absolute Gasteiger partial charge is 0.409 e. The first-order valence-corrected chi connectivity index (χ1v) is 9.54. The molecule has 8 heteroatoms. The number of ether oxygens (including phenoxy) is 1. The molecule has 1 atom stereocenters. The van der Waals surface area contributed by atoms with Crippen LogP contribution in [-0.2, 0) is 16.1 Å². The summed E-state index contributed by atoms with van der Waals surface area (Å²) in [6.45, 7) is 4.95. The largest absolute Gasteiger partial charge is 0.453 e. The highest BCUT2D eigenvalue weighted by molar-refractivity contribution is 5.83. The Bertz CT molecular complexity index is 897. The fourth-order valence-electron chi connectivity index (χ4n) is 3.73. The highest BCUT2D eigenvalue weighted by atomic mass is 19.1. The van der Waals surface area contributed by atoms with Crippen molar-refractivity contribution in [2.75, 3.05) is 26.7 Å². The fourth-order valence-corrected chi connectivity index (χ4v) is 3.73. The van der Waals surface area contributed by atoms with Crippen molar-refractivity contribution in [3.05, 3.63) is 59.4 Å². The lowest BCUT2D eigenvalue weighted by Crippen LogP contribution is -2.48. The maximum Gasteiger partial charge on any atom is 0.409 e. The number of fused-ring (bicyclic) bond motifs is 1. The van der Waals surface area contributed by atoms with Gasteiger partial charge in [0.15, 0.2) is 0 Å². The number of rotatable bonds is 5. The van der Waals surface area contributed by atoms with Crippen molar-refractivity contribution >= 4 is 12.0 Å². The van der Waals surface area contributed by atoms with Crippen molar-refractivity contribution in [3.8, 4) is 0 Å². The first-order valence-electron chi connectivity index (χ1n) is 9.54. The number of carbonyl (C=O) groups excluding carboxylic acids is 2. The van der Waals surface area contributed by atoms with Crippen LogP contribution in [0.5, 0.6) is 0 Å². The molecule has 6 nitrogen and oxygen atoms in total. The Morgan fingerprint density at radius 2 is 2.00 bits per heavy atom. The van der Waals surface area contributed by atoms with Crippen molar-refractivity contribution < 1.29 is 23.1 Å². The number of nitrogens with zero attached hydrogens (tertiary/aromatic N) is 3.